The Bertz CT molecular complexity index is 741. The van der Waals surface area contributed by atoms with E-state index in [1.54, 1.807) is 0 Å². The van der Waals surface area contributed by atoms with Gasteiger partial charge in [-0.25, -0.2) is 9.78 Å². The molecule has 0 atom stereocenters. The maximum Gasteiger partial charge on any atom is 0.353 e. The lowest BCUT2D eigenvalue weighted by Gasteiger charge is -1.95. The van der Waals surface area contributed by atoms with Crippen molar-refractivity contribution in [2.75, 3.05) is 0 Å². The highest BCUT2D eigenvalue weighted by atomic mass is 16.4. The SMILES string of the molecule is Cc1nc2ccc(-c3cc(C(=O)O)[nH]n3)cc2[nH]1. The first-order valence-electron chi connectivity index (χ1n) is 5.39. The number of rotatable bonds is 2. The van der Waals surface area contributed by atoms with Gasteiger partial charge < -0.3 is 10.1 Å². The third-order valence-electron chi connectivity index (χ3n) is 2.70. The van der Waals surface area contributed by atoms with Gasteiger partial charge in [-0.3, -0.25) is 5.10 Å². The highest BCUT2D eigenvalue weighted by molar-refractivity contribution is 5.87. The molecular weight excluding hydrogens is 232 g/mol. The molecule has 2 heterocycles. The highest BCUT2D eigenvalue weighted by Crippen LogP contribution is 2.22. The van der Waals surface area contributed by atoms with E-state index in [2.05, 4.69) is 20.2 Å². The van der Waals surface area contributed by atoms with Crippen molar-refractivity contribution in [3.05, 3.63) is 35.8 Å². The zero-order valence-electron chi connectivity index (χ0n) is 9.56. The van der Waals surface area contributed by atoms with Crippen LogP contribution in [0.25, 0.3) is 22.3 Å². The zero-order valence-corrected chi connectivity index (χ0v) is 9.56. The van der Waals surface area contributed by atoms with Gasteiger partial charge in [0.2, 0.25) is 0 Å². The summed E-state index contributed by atoms with van der Waals surface area (Å²) < 4.78 is 0. The van der Waals surface area contributed by atoms with Crippen molar-refractivity contribution in [1.29, 1.82) is 0 Å². The number of aromatic nitrogens is 4. The summed E-state index contributed by atoms with van der Waals surface area (Å²) in [6.45, 7) is 1.89. The Morgan fingerprint density at radius 2 is 2.17 bits per heavy atom. The lowest BCUT2D eigenvalue weighted by atomic mass is 10.1. The van der Waals surface area contributed by atoms with Crippen molar-refractivity contribution in [2.24, 2.45) is 0 Å². The molecule has 3 aromatic rings. The lowest BCUT2D eigenvalue weighted by molar-refractivity contribution is 0.0690. The number of H-pyrrole nitrogens is 2. The number of aromatic amines is 2. The number of nitrogens with zero attached hydrogens (tertiary/aromatic N) is 2. The summed E-state index contributed by atoms with van der Waals surface area (Å²) in [5, 5.41) is 15.3. The predicted molar refractivity (Wildman–Crippen MR) is 65.4 cm³/mol. The first-order chi connectivity index (χ1) is 8.63. The van der Waals surface area contributed by atoms with Gasteiger partial charge in [-0.15, -0.1) is 0 Å². The predicted octanol–water partition coefficient (Wildman–Crippen LogP) is 1.96. The van der Waals surface area contributed by atoms with Gasteiger partial charge in [0.15, 0.2) is 0 Å². The third kappa shape index (κ3) is 1.64. The fourth-order valence-corrected chi connectivity index (χ4v) is 1.88. The fraction of sp³-hybridized carbons (Fsp3) is 0.0833. The van der Waals surface area contributed by atoms with E-state index >= 15 is 0 Å². The normalized spacial score (nSPS) is 10.9. The minimum atomic E-state index is -1.02. The van der Waals surface area contributed by atoms with Gasteiger partial charge in [-0.1, -0.05) is 6.07 Å². The van der Waals surface area contributed by atoms with Crippen LogP contribution < -0.4 is 0 Å². The van der Waals surface area contributed by atoms with Crippen molar-refractivity contribution in [3.63, 3.8) is 0 Å². The molecule has 1 aromatic carbocycles. The van der Waals surface area contributed by atoms with E-state index in [0.717, 1.165) is 22.4 Å². The van der Waals surface area contributed by atoms with Gasteiger partial charge in [0.05, 0.1) is 16.7 Å². The summed E-state index contributed by atoms with van der Waals surface area (Å²) in [4.78, 5) is 18.2. The highest BCUT2D eigenvalue weighted by Gasteiger charge is 2.10. The van der Waals surface area contributed by atoms with Crippen molar-refractivity contribution in [1.82, 2.24) is 20.2 Å². The van der Waals surface area contributed by atoms with Crippen LogP contribution in [0.15, 0.2) is 24.3 Å². The summed E-state index contributed by atoms with van der Waals surface area (Å²) in [7, 11) is 0. The number of carbonyl (C=O) groups is 1. The van der Waals surface area contributed by atoms with E-state index in [1.807, 2.05) is 25.1 Å². The smallest absolute Gasteiger partial charge is 0.353 e. The van der Waals surface area contributed by atoms with Crippen LogP contribution >= 0.6 is 0 Å². The van der Waals surface area contributed by atoms with Crippen LogP contribution in [-0.4, -0.2) is 31.2 Å². The topological polar surface area (TPSA) is 94.7 Å². The average Bonchev–Trinajstić information content (AvgIpc) is 2.91. The van der Waals surface area contributed by atoms with E-state index in [0.29, 0.717) is 5.69 Å². The second-order valence-corrected chi connectivity index (χ2v) is 4.03. The summed E-state index contributed by atoms with van der Waals surface area (Å²) >= 11 is 0. The molecule has 90 valence electrons. The number of imidazole rings is 1. The molecule has 3 rings (SSSR count). The average molecular weight is 242 g/mol. The van der Waals surface area contributed by atoms with E-state index in [1.165, 1.54) is 6.07 Å². The molecule has 0 bridgehead atoms. The largest absolute Gasteiger partial charge is 0.477 e. The minimum Gasteiger partial charge on any atom is -0.477 e. The minimum absolute atomic E-state index is 0.0749. The standard InChI is InChI=1S/C12H10N4O2/c1-6-13-8-3-2-7(4-10(8)14-6)9-5-11(12(17)18)16-15-9/h2-5H,1H3,(H,13,14)(H,15,16)(H,17,18). The number of hydrogen-bond acceptors (Lipinski definition) is 3. The Morgan fingerprint density at radius 1 is 1.33 bits per heavy atom. The molecule has 0 saturated carbocycles. The Labute approximate surface area is 102 Å². The molecule has 0 aliphatic heterocycles. The maximum absolute atomic E-state index is 10.8. The second-order valence-electron chi connectivity index (χ2n) is 4.03. The molecule has 0 fully saturated rings. The van der Waals surface area contributed by atoms with Crippen LogP contribution in [0, 0.1) is 6.92 Å². The van der Waals surface area contributed by atoms with E-state index in [9.17, 15) is 4.79 Å². The first-order valence-corrected chi connectivity index (χ1v) is 5.39. The summed E-state index contributed by atoms with van der Waals surface area (Å²) in [5.74, 6) is -0.178. The van der Waals surface area contributed by atoms with Gasteiger partial charge in [-0.05, 0) is 25.1 Å². The quantitative estimate of drug-likeness (QED) is 0.640. The summed E-state index contributed by atoms with van der Waals surface area (Å²) in [6, 6.07) is 7.15. The van der Waals surface area contributed by atoms with Gasteiger partial charge in [-0.2, -0.15) is 5.10 Å². The van der Waals surface area contributed by atoms with Crippen molar-refractivity contribution in [3.8, 4) is 11.3 Å². The number of carboxylic acid groups (broad SMARTS) is 1. The Kier molecular flexibility index (Phi) is 2.16. The number of aromatic carboxylic acids is 1. The zero-order chi connectivity index (χ0) is 12.7. The van der Waals surface area contributed by atoms with Crippen molar-refractivity contribution in [2.45, 2.75) is 6.92 Å². The number of fused-ring (bicyclic) bond motifs is 1. The lowest BCUT2D eigenvalue weighted by Crippen LogP contribution is -1.95. The van der Waals surface area contributed by atoms with Crippen molar-refractivity contribution < 1.29 is 9.90 Å². The molecule has 0 unspecified atom stereocenters. The Morgan fingerprint density at radius 3 is 2.89 bits per heavy atom. The van der Waals surface area contributed by atoms with Crippen LogP contribution in [0.5, 0.6) is 0 Å². The van der Waals surface area contributed by atoms with Crippen molar-refractivity contribution >= 4 is 17.0 Å². The molecule has 18 heavy (non-hydrogen) atoms. The number of benzene rings is 1. The van der Waals surface area contributed by atoms with E-state index in [4.69, 9.17) is 5.11 Å². The molecule has 0 saturated heterocycles. The molecule has 3 N–H and O–H groups in total. The molecule has 0 spiro atoms. The molecule has 2 aromatic heterocycles. The Hall–Kier alpha value is -2.63. The van der Waals surface area contributed by atoms with E-state index < -0.39 is 5.97 Å². The molecule has 6 nitrogen and oxygen atoms in total. The molecule has 6 heteroatoms. The molecule has 0 amide bonds. The van der Waals surface area contributed by atoms with E-state index in [-0.39, 0.29) is 5.69 Å². The molecule has 0 radical (unpaired) electrons. The number of nitrogens with one attached hydrogen (secondary N) is 2. The number of hydrogen-bond donors (Lipinski definition) is 3. The Balaban J connectivity index is 2.09. The van der Waals surface area contributed by atoms with Crippen LogP contribution in [-0.2, 0) is 0 Å². The van der Waals surface area contributed by atoms with Crippen LogP contribution in [0.4, 0.5) is 0 Å². The van der Waals surface area contributed by atoms with Crippen LogP contribution in [0.2, 0.25) is 0 Å². The van der Waals surface area contributed by atoms with Gasteiger partial charge in [0, 0.05) is 5.56 Å². The van der Waals surface area contributed by atoms with Gasteiger partial charge >= 0.3 is 5.97 Å². The monoisotopic (exact) mass is 242 g/mol. The maximum atomic E-state index is 10.8. The third-order valence-corrected chi connectivity index (χ3v) is 2.70. The molecule has 0 aliphatic rings. The first kappa shape index (κ1) is 10.5. The summed E-state index contributed by atoms with van der Waals surface area (Å²) in [6.07, 6.45) is 0. The van der Waals surface area contributed by atoms with Crippen LogP contribution in [0.3, 0.4) is 0 Å². The number of carboxylic acids is 1. The van der Waals surface area contributed by atoms with Crippen LogP contribution in [0.1, 0.15) is 16.3 Å². The number of aryl methyl sites for hydroxylation is 1. The second kappa shape index (κ2) is 3.69. The fourth-order valence-electron chi connectivity index (χ4n) is 1.88. The van der Waals surface area contributed by atoms with Gasteiger partial charge in [0.25, 0.3) is 0 Å². The summed E-state index contributed by atoms with van der Waals surface area (Å²) in [5.41, 5.74) is 3.30. The molecular formula is C12H10N4O2. The van der Waals surface area contributed by atoms with Gasteiger partial charge in [0.1, 0.15) is 11.5 Å². The molecule has 0 aliphatic carbocycles.